The molecule has 0 aromatic heterocycles. The number of carbonyl (C=O) groups is 3. The molecule has 0 radical (unpaired) electrons. The molecule has 12 nitrogen and oxygen atoms in total. The van der Waals surface area contributed by atoms with E-state index < -0.39 is 40.3 Å². The molecule has 2 aromatic carbocycles. The molecule has 0 saturated carbocycles. The number of nitrogens with zero attached hydrogens (tertiary/aromatic N) is 3. The molecule has 1 atom stereocenters. The molecule has 2 aromatic rings. The molecular weight excluding hydrogens is 442 g/mol. The second-order valence-electron chi connectivity index (χ2n) is 6.54. The molecule has 13 heteroatoms. The van der Waals surface area contributed by atoms with Crippen LogP contribution in [0, 0.1) is 0 Å². The molecule has 0 unspecified atom stereocenters. The number of aromatic carboxylic acids is 1. The van der Waals surface area contributed by atoms with Crippen LogP contribution in [0.4, 0.5) is 0 Å². The zero-order valence-electron chi connectivity index (χ0n) is 16.5. The highest BCUT2D eigenvalue weighted by atomic mass is 32.2. The summed E-state index contributed by atoms with van der Waals surface area (Å²) in [5, 5.41) is 23.6. The van der Waals surface area contributed by atoms with E-state index in [2.05, 4.69) is 20.1 Å². The van der Waals surface area contributed by atoms with E-state index in [0.29, 0.717) is 5.56 Å². The van der Waals surface area contributed by atoms with Gasteiger partial charge < -0.3 is 15.5 Å². The number of benzene rings is 2. The number of sulfonamides is 1. The van der Waals surface area contributed by atoms with Gasteiger partial charge in [0.2, 0.25) is 10.0 Å². The lowest BCUT2D eigenvalue weighted by Gasteiger charge is -2.14. The van der Waals surface area contributed by atoms with Crippen molar-refractivity contribution in [2.45, 2.75) is 23.9 Å². The minimum Gasteiger partial charge on any atom is -0.481 e. The Morgan fingerprint density at radius 3 is 2.34 bits per heavy atom. The zero-order valence-corrected chi connectivity index (χ0v) is 17.3. The quantitative estimate of drug-likeness (QED) is 0.222. The molecule has 0 saturated heterocycles. The summed E-state index contributed by atoms with van der Waals surface area (Å²) in [6.07, 6.45) is -0.423. The topological polar surface area (TPSA) is 199 Å². The summed E-state index contributed by atoms with van der Waals surface area (Å²) in [5.74, 6) is -3.00. The van der Waals surface area contributed by atoms with Crippen LogP contribution in [0.1, 0.15) is 32.7 Å². The maximum Gasteiger partial charge on any atom is 0.335 e. The van der Waals surface area contributed by atoms with E-state index in [1.807, 2.05) is 0 Å². The van der Waals surface area contributed by atoms with Crippen molar-refractivity contribution < 1.29 is 33.0 Å². The number of carboxylic acids is 2. The van der Waals surface area contributed by atoms with Gasteiger partial charge in [-0.05, 0) is 41.4 Å². The van der Waals surface area contributed by atoms with E-state index in [0.717, 1.165) is 6.07 Å². The Morgan fingerprint density at radius 2 is 1.75 bits per heavy atom. The average molecular weight is 461 g/mol. The highest BCUT2D eigenvalue weighted by Gasteiger charge is 2.18. The summed E-state index contributed by atoms with van der Waals surface area (Å²) in [4.78, 5) is 36.5. The lowest BCUT2D eigenvalue weighted by Crippen LogP contribution is -2.38. The summed E-state index contributed by atoms with van der Waals surface area (Å²) >= 11 is 0. The van der Waals surface area contributed by atoms with Crippen LogP contribution in [0.5, 0.6) is 0 Å². The fourth-order valence-electron chi connectivity index (χ4n) is 2.61. The SMILES string of the molecule is [N-]=[N+]=NC[C@H](CC(=O)O)NC(=O)c1ccc(CNS(=O)(=O)c2cccc(C(=O)O)c2)cc1. The van der Waals surface area contributed by atoms with Crippen LogP contribution in [-0.4, -0.2) is 49.1 Å². The minimum absolute atomic E-state index is 0.111. The van der Waals surface area contributed by atoms with Gasteiger partial charge in [-0.25, -0.2) is 17.9 Å². The van der Waals surface area contributed by atoms with Crippen LogP contribution in [-0.2, 0) is 21.4 Å². The lowest BCUT2D eigenvalue weighted by atomic mass is 10.1. The lowest BCUT2D eigenvalue weighted by molar-refractivity contribution is -0.137. The summed E-state index contributed by atoms with van der Waals surface area (Å²) in [7, 11) is -3.97. The van der Waals surface area contributed by atoms with Crippen molar-refractivity contribution in [3.05, 3.63) is 75.7 Å². The van der Waals surface area contributed by atoms with Crippen LogP contribution in [0.2, 0.25) is 0 Å². The zero-order chi connectivity index (χ0) is 23.7. The molecule has 0 heterocycles. The monoisotopic (exact) mass is 461 g/mol. The van der Waals surface area contributed by atoms with Crippen molar-refractivity contribution in [1.29, 1.82) is 0 Å². The second kappa shape index (κ2) is 10.9. The number of carbonyl (C=O) groups excluding carboxylic acids is 1. The molecule has 0 aliphatic heterocycles. The first kappa shape index (κ1) is 24.3. The van der Waals surface area contributed by atoms with Crippen molar-refractivity contribution in [3.63, 3.8) is 0 Å². The van der Waals surface area contributed by atoms with E-state index in [1.165, 1.54) is 42.5 Å². The number of nitrogens with one attached hydrogen (secondary N) is 2. The number of azide groups is 1. The number of aliphatic carboxylic acids is 1. The fraction of sp³-hybridized carbons (Fsp3) is 0.211. The molecule has 0 aliphatic carbocycles. The number of amides is 1. The smallest absolute Gasteiger partial charge is 0.335 e. The Kier molecular flexibility index (Phi) is 8.30. The van der Waals surface area contributed by atoms with Crippen LogP contribution in [0.15, 0.2) is 58.5 Å². The Balaban J connectivity index is 2.03. The predicted molar refractivity (Wildman–Crippen MR) is 111 cm³/mol. The average Bonchev–Trinajstić information content (AvgIpc) is 2.76. The summed E-state index contributed by atoms with van der Waals surface area (Å²) in [6, 6.07) is 9.89. The maximum absolute atomic E-state index is 12.4. The molecule has 32 heavy (non-hydrogen) atoms. The third kappa shape index (κ3) is 7.09. The number of rotatable bonds is 11. The Hall–Kier alpha value is -3.93. The van der Waals surface area contributed by atoms with Gasteiger partial charge in [-0.2, -0.15) is 0 Å². The predicted octanol–water partition coefficient (Wildman–Crippen LogP) is 1.75. The van der Waals surface area contributed by atoms with E-state index in [-0.39, 0.29) is 29.1 Å². The van der Waals surface area contributed by atoms with Gasteiger partial charge in [0.1, 0.15) is 0 Å². The molecule has 0 fully saturated rings. The maximum atomic E-state index is 12.4. The first-order valence-corrected chi connectivity index (χ1v) is 10.6. The van der Waals surface area contributed by atoms with Gasteiger partial charge in [-0.3, -0.25) is 9.59 Å². The summed E-state index contributed by atoms with van der Waals surface area (Å²) in [5.41, 5.74) is 8.93. The normalized spacial score (nSPS) is 11.8. The van der Waals surface area contributed by atoms with Crippen molar-refractivity contribution in [1.82, 2.24) is 10.0 Å². The summed E-state index contributed by atoms with van der Waals surface area (Å²) < 4.78 is 27.2. The highest BCUT2D eigenvalue weighted by Crippen LogP contribution is 2.13. The van der Waals surface area contributed by atoms with Gasteiger partial charge in [-0.15, -0.1) is 0 Å². The first-order chi connectivity index (χ1) is 15.1. The first-order valence-electron chi connectivity index (χ1n) is 9.08. The Morgan fingerprint density at radius 1 is 1.06 bits per heavy atom. The molecule has 0 aliphatic rings. The van der Waals surface area contributed by atoms with E-state index in [1.54, 1.807) is 0 Å². The summed E-state index contributed by atoms with van der Waals surface area (Å²) in [6.45, 7) is -0.336. The van der Waals surface area contributed by atoms with E-state index in [9.17, 15) is 22.8 Å². The molecule has 0 bridgehead atoms. The van der Waals surface area contributed by atoms with Crippen LogP contribution < -0.4 is 10.0 Å². The van der Waals surface area contributed by atoms with Gasteiger partial charge in [0.25, 0.3) is 5.91 Å². The van der Waals surface area contributed by atoms with Crippen LogP contribution in [0.3, 0.4) is 0 Å². The standard InChI is InChI=1S/C19H19N5O7S/c20-24-21-11-15(9-17(25)26)23-18(27)13-6-4-12(5-7-13)10-22-32(30,31)16-3-1-2-14(8-16)19(28)29/h1-8,15,22H,9-11H2,(H,23,27)(H,25,26)(H,28,29)/t15-/m0/s1. The van der Waals surface area contributed by atoms with Crippen molar-refractivity contribution in [3.8, 4) is 0 Å². The van der Waals surface area contributed by atoms with Gasteiger partial charge in [0, 0.05) is 29.6 Å². The van der Waals surface area contributed by atoms with Crippen molar-refractivity contribution in [2.24, 2.45) is 5.11 Å². The second-order valence-corrected chi connectivity index (χ2v) is 8.30. The van der Waals surface area contributed by atoms with Gasteiger partial charge >= 0.3 is 11.9 Å². The number of carboxylic acid groups (broad SMARTS) is 2. The van der Waals surface area contributed by atoms with Gasteiger partial charge in [-0.1, -0.05) is 23.3 Å². The largest absolute Gasteiger partial charge is 0.481 e. The number of hydrogen-bond donors (Lipinski definition) is 4. The van der Waals surface area contributed by atoms with Crippen molar-refractivity contribution in [2.75, 3.05) is 6.54 Å². The van der Waals surface area contributed by atoms with Crippen LogP contribution >= 0.6 is 0 Å². The Bertz CT molecular complexity index is 1150. The molecular formula is C19H19N5O7S. The molecule has 0 spiro atoms. The highest BCUT2D eigenvalue weighted by molar-refractivity contribution is 7.89. The third-order valence-corrected chi connectivity index (χ3v) is 5.59. The molecule has 1 amide bonds. The molecule has 4 N–H and O–H groups in total. The fourth-order valence-corrected chi connectivity index (χ4v) is 3.67. The molecule has 168 valence electrons. The minimum atomic E-state index is -3.97. The van der Waals surface area contributed by atoms with E-state index in [4.69, 9.17) is 15.7 Å². The van der Waals surface area contributed by atoms with Gasteiger partial charge in [0.05, 0.1) is 16.9 Å². The van der Waals surface area contributed by atoms with Gasteiger partial charge in [0.15, 0.2) is 0 Å². The number of hydrogen-bond acceptors (Lipinski definition) is 6. The van der Waals surface area contributed by atoms with E-state index >= 15 is 0 Å². The molecule has 2 rings (SSSR count). The van der Waals surface area contributed by atoms with Crippen molar-refractivity contribution >= 4 is 27.9 Å². The van der Waals surface area contributed by atoms with Crippen LogP contribution in [0.25, 0.3) is 10.4 Å². The third-order valence-electron chi connectivity index (χ3n) is 4.20. The Labute approximate surface area is 182 Å².